The van der Waals surface area contributed by atoms with E-state index in [0.717, 1.165) is 16.8 Å². The van der Waals surface area contributed by atoms with Gasteiger partial charge < -0.3 is 0 Å². The van der Waals surface area contributed by atoms with Gasteiger partial charge in [0.15, 0.2) is 0 Å². The number of halogens is 1. The van der Waals surface area contributed by atoms with Crippen molar-refractivity contribution in [3.8, 4) is 0 Å². The van der Waals surface area contributed by atoms with Gasteiger partial charge in [0.1, 0.15) is 0 Å². The lowest BCUT2D eigenvalue weighted by Gasteiger charge is -2.36. The Morgan fingerprint density at radius 2 is 2.42 bits per heavy atom. The first-order valence-electron chi connectivity index (χ1n) is 4.20. The molecule has 0 spiro atoms. The van der Waals surface area contributed by atoms with Crippen LogP contribution >= 0.6 is 22.9 Å². The molecule has 1 aliphatic heterocycles. The van der Waals surface area contributed by atoms with Crippen molar-refractivity contribution >= 4 is 22.9 Å². The van der Waals surface area contributed by atoms with Crippen LogP contribution in [0.4, 0.5) is 0 Å². The van der Waals surface area contributed by atoms with E-state index in [-0.39, 0.29) is 0 Å². The molecule has 2 rings (SSSR count). The van der Waals surface area contributed by atoms with Gasteiger partial charge in [0.05, 0.1) is 4.34 Å². The van der Waals surface area contributed by atoms with Gasteiger partial charge in [0.2, 0.25) is 0 Å². The molecule has 0 N–H and O–H groups in total. The van der Waals surface area contributed by atoms with Gasteiger partial charge in [-0.1, -0.05) is 18.5 Å². The van der Waals surface area contributed by atoms with Gasteiger partial charge in [-0.05, 0) is 22.9 Å². The first-order valence-corrected chi connectivity index (χ1v) is 5.45. The van der Waals surface area contributed by atoms with Crippen molar-refractivity contribution in [1.29, 1.82) is 0 Å². The third-order valence-electron chi connectivity index (χ3n) is 2.23. The highest BCUT2D eigenvalue weighted by molar-refractivity contribution is 7.14. The Bertz CT molecular complexity index is 265. The van der Waals surface area contributed by atoms with Crippen LogP contribution in [0.3, 0.4) is 0 Å². The zero-order valence-corrected chi connectivity index (χ0v) is 8.66. The number of likely N-dealkylation sites (tertiary alicyclic amines) is 1. The second kappa shape index (κ2) is 3.36. The standard InChI is InChI=1S/C9H12ClNS/c1-7-4-11(5-7)6-8-2-3-12-9(8)10/h2-3,7H,4-6H2,1H3. The minimum absolute atomic E-state index is 0.877. The number of rotatable bonds is 2. The molecule has 0 bridgehead atoms. The van der Waals surface area contributed by atoms with Crippen molar-refractivity contribution < 1.29 is 0 Å². The first-order chi connectivity index (χ1) is 5.75. The maximum Gasteiger partial charge on any atom is 0.0973 e. The summed E-state index contributed by atoms with van der Waals surface area (Å²) in [6, 6.07) is 2.12. The largest absolute Gasteiger partial charge is 0.298 e. The smallest absolute Gasteiger partial charge is 0.0973 e. The Labute approximate surface area is 82.0 Å². The molecule has 0 amide bonds. The molecule has 0 aliphatic carbocycles. The number of hydrogen-bond acceptors (Lipinski definition) is 2. The molecule has 1 nitrogen and oxygen atoms in total. The van der Waals surface area contributed by atoms with Crippen LogP contribution in [0, 0.1) is 5.92 Å². The summed E-state index contributed by atoms with van der Waals surface area (Å²) in [5.41, 5.74) is 1.29. The molecule has 0 aromatic carbocycles. The van der Waals surface area contributed by atoms with Crippen molar-refractivity contribution in [3.05, 3.63) is 21.3 Å². The Balaban J connectivity index is 1.92. The topological polar surface area (TPSA) is 3.24 Å². The summed E-state index contributed by atoms with van der Waals surface area (Å²) in [5, 5.41) is 2.06. The van der Waals surface area contributed by atoms with E-state index in [2.05, 4.69) is 23.3 Å². The lowest BCUT2D eigenvalue weighted by atomic mass is 10.0. The molecule has 66 valence electrons. The predicted molar refractivity (Wildman–Crippen MR) is 53.8 cm³/mol. The van der Waals surface area contributed by atoms with E-state index >= 15 is 0 Å². The second-order valence-corrected chi connectivity index (χ2v) is 5.04. The summed E-state index contributed by atoms with van der Waals surface area (Å²) >= 11 is 7.61. The Morgan fingerprint density at radius 1 is 1.67 bits per heavy atom. The first kappa shape index (κ1) is 8.54. The highest BCUT2D eigenvalue weighted by atomic mass is 35.5. The monoisotopic (exact) mass is 201 g/mol. The lowest BCUT2D eigenvalue weighted by Crippen LogP contribution is -2.44. The number of thiophene rings is 1. The van der Waals surface area contributed by atoms with Gasteiger partial charge in [-0.25, -0.2) is 0 Å². The average Bonchev–Trinajstić information content (AvgIpc) is 2.33. The van der Waals surface area contributed by atoms with Crippen LogP contribution in [0.15, 0.2) is 11.4 Å². The normalized spacial score (nSPS) is 19.5. The Hall–Kier alpha value is -0.0500. The fourth-order valence-electron chi connectivity index (χ4n) is 1.63. The fraction of sp³-hybridized carbons (Fsp3) is 0.556. The molecule has 1 aliphatic rings. The SMILES string of the molecule is CC1CN(Cc2ccsc2Cl)C1. The molecular formula is C9H12ClNS. The van der Waals surface area contributed by atoms with Crippen LogP contribution < -0.4 is 0 Å². The average molecular weight is 202 g/mol. The van der Waals surface area contributed by atoms with Gasteiger partial charge in [-0.2, -0.15) is 0 Å². The molecule has 2 heterocycles. The van der Waals surface area contributed by atoms with E-state index in [1.54, 1.807) is 11.3 Å². The third kappa shape index (κ3) is 1.65. The molecular weight excluding hydrogens is 190 g/mol. The van der Waals surface area contributed by atoms with E-state index in [1.165, 1.54) is 18.7 Å². The molecule has 1 aromatic heterocycles. The lowest BCUT2D eigenvalue weighted by molar-refractivity contribution is 0.105. The van der Waals surface area contributed by atoms with Gasteiger partial charge in [-0.3, -0.25) is 4.90 Å². The van der Waals surface area contributed by atoms with Crippen molar-refractivity contribution in [2.24, 2.45) is 5.92 Å². The summed E-state index contributed by atoms with van der Waals surface area (Å²) in [6.45, 7) is 5.77. The molecule has 0 unspecified atom stereocenters. The van der Waals surface area contributed by atoms with Gasteiger partial charge >= 0.3 is 0 Å². The van der Waals surface area contributed by atoms with Gasteiger partial charge in [0, 0.05) is 19.6 Å². The second-order valence-electron chi connectivity index (χ2n) is 3.52. The quantitative estimate of drug-likeness (QED) is 0.712. The summed E-state index contributed by atoms with van der Waals surface area (Å²) in [5.74, 6) is 0.877. The third-order valence-corrected chi connectivity index (χ3v) is 3.48. The maximum atomic E-state index is 5.99. The van der Waals surface area contributed by atoms with Crippen LogP contribution in [0.25, 0.3) is 0 Å². The molecule has 0 atom stereocenters. The molecule has 1 saturated heterocycles. The summed E-state index contributed by atoms with van der Waals surface area (Å²) < 4.78 is 0.953. The minimum atomic E-state index is 0.877. The molecule has 1 aromatic rings. The van der Waals surface area contributed by atoms with Crippen molar-refractivity contribution in [2.75, 3.05) is 13.1 Å². The van der Waals surface area contributed by atoms with E-state index in [4.69, 9.17) is 11.6 Å². The molecule has 1 fully saturated rings. The van der Waals surface area contributed by atoms with Crippen molar-refractivity contribution in [2.45, 2.75) is 13.5 Å². The van der Waals surface area contributed by atoms with Crippen LogP contribution in [0.1, 0.15) is 12.5 Å². The molecule has 12 heavy (non-hydrogen) atoms. The van der Waals surface area contributed by atoms with Crippen molar-refractivity contribution in [1.82, 2.24) is 4.90 Å². The summed E-state index contributed by atoms with van der Waals surface area (Å²) in [7, 11) is 0. The molecule has 3 heteroatoms. The Kier molecular flexibility index (Phi) is 2.40. The summed E-state index contributed by atoms with van der Waals surface area (Å²) in [4.78, 5) is 2.43. The Morgan fingerprint density at radius 3 is 2.92 bits per heavy atom. The van der Waals surface area contributed by atoms with Crippen LogP contribution in [0.5, 0.6) is 0 Å². The molecule has 0 radical (unpaired) electrons. The van der Waals surface area contributed by atoms with Crippen LogP contribution in [0.2, 0.25) is 4.34 Å². The number of hydrogen-bond donors (Lipinski definition) is 0. The van der Waals surface area contributed by atoms with E-state index < -0.39 is 0 Å². The fourth-order valence-corrected chi connectivity index (χ4v) is 2.54. The minimum Gasteiger partial charge on any atom is -0.298 e. The highest BCUT2D eigenvalue weighted by Gasteiger charge is 2.22. The molecule has 0 saturated carbocycles. The van der Waals surface area contributed by atoms with Crippen LogP contribution in [-0.4, -0.2) is 18.0 Å². The van der Waals surface area contributed by atoms with Gasteiger partial charge in [0.25, 0.3) is 0 Å². The van der Waals surface area contributed by atoms with Crippen molar-refractivity contribution in [3.63, 3.8) is 0 Å². The maximum absolute atomic E-state index is 5.99. The summed E-state index contributed by atoms with van der Waals surface area (Å²) in [6.07, 6.45) is 0. The van der Waals surface area contributed by atoms with E-state index in [9.17, 15) is 0 Å². The zero-order chi connectivity index (χ0) is 8.55. The van der Waals surface area contributed by atoms with Gasteiger partial charge in [-0.15, -0.1) is 11.3 Å². The van der Waals surface area contributed by atoms with E-state index in [0.29, 0.717) is 0 Å². The highest BCUT2D eigenvalue weighted by Crippen LogP contribution is 2.26. The zero-order valence-electron chi connectivity index (χ0n) is 7.09. The predicted octanol–water partition coefficient (Wildman–Crippen LogP) is 2.85. The number of nitrogens with zero attached hydrogens (tertiary/aromatic N) is 1. The van der Waals surface area contributed by atoms with Crippen LogP contribution in [-0.2, 0) is 6.54 Å². The van der Waals surface area contributed by atoms with E-state index in [1.807, 2.05) is 0 Å².